The highest BCUT2D eigenvalue weighted by Crippen LogP contribution is 2.42. The molecule has 0 bridgehead atoms. The van der Waals surface area contributed by atoms with E-state index in [2.05, 4.69) is 274 Å². The van der Waals surface area contributed by atoms with Gasteiger partial charge in [0.25, 0.3) is 0 Å². The highest BCUT2D eigenvalue weighted by atomic mass is 32.1. The summed E-state index contributed by atoms with van der Waals surface area (Å²) in [5.74, 6) is 0. The fraction of sp³-hybridized carbons (Fsp3) is 0. The minimum absolute atomic E-state index is 0.868. The maximum Gasteiger partial charge on any atom is 0.148 e. The van der Waals surface area contributed by atoms with Crippen LogP contribution in [0.25, 0.3) is 76.1 Å². The Hall–Kier alpha value is -9.04. The topological polar surface area (TPSA) is 42.1 Å². The minimum atomic E-state index is 0.868. The molecule has 0 N–H and O–H groups in total. The van der Waals surface area contributed by atoms with Gasteiger partial charge in [0.1, 0.15) is 10.0 Å². The molecule has 7 heteroatoms. The van der Waals surface area contributed by atoms with Crippen LogP contribution < -0.4 is 9.80 Å². The Morgan fingerprint density at radius 3 is 1.00 bits per heavy atom. The summed E-state index contributed by atoms with van der Waals surface area (Å²) in [6, 6.07) is 90.7. The van der Waals surface area contributed by atoms with E-state index in [1.54, 1.807) is 11.3 Å². The van der Waals surface area contributed by atoms with Gasteiger partial charge >= 0.3 is 0 Å². The van der Waals surface area contributed by atoms with E-state index >= 15 is 0 Å². The van der Waals surface area contributed by atoms with Crippen LogP contribution in [-0.4, -0.2) is 19.3 Å². The molecule has 0 saturated carbocycles. The second-order valence-corrected chi connectivity index (χ2v) is 18.1. The van der Waals surface area contributed by atoms with Crippen LogP contribution >= 0.6 is 11.3 Å². The molecule has 0 fully saturated rings. The van der Waals surface area contributed by atoms with Crippen molar-refractivity contribution in [3.8, 4) is 32.5 Å². The van der Waals surface area contributed by atoms with E-state index in [-0.39, 0.29) is 0 Å². The summed E-state index contributed by atoms with van der Waals surface area (Å²) in [7, 11) is 0. The third-order valence-corrected chi connectivity index (χ3v) is 14.0. The second kappa shape index (κ2) is 17.0. The van der Waals surface area contributed by atoms with Gasteiger partial charge in [0.15, 0.2) is 0 Å². The summed E-state index contributed by atoms with van der Waals surface area (Å²) < 4.78 is 4.77. The van der Waals surface area contributed by atoms with E-state index in [1.165, 1.54) is 21.5 Å². The summed E-state index contributed by atoms with van der Waals surface area (Å²) in [6.07, 6.45) is 0. The Kier molecular flexibility index (Phi) is 9.91. The van der Waals surface area contributed by atoms with E-state index in [9.17, 15) is 0 Å². The number of anilines is 6. The fourth-order valence-corrected chi connectivity index (χ4v) is 10.8. The maximum atomic E-state index is 4.86. The van der Waals surface area contributed by atoms with Crippen molar-refractivity contribution >= 4 is 89.1 Å². The monoisotopic (exact) mass is 902 g/mol. The van der Waals surface area contributed by atoms with Gasteiger partial charge in [0.05, 0.1) is 22.1 Å². The number of benzene rings is 10. The Balaban J connectivity index is 0.901. The summed E-state index contributed by atoms with van der Waals surface area (Å²) in [6.45, 7) is 0. The minimum Gasteiger partial charge on any atom is -0.310 e. The summed E-state index contributed by atoms with van der Waals surface area (Å²) >= 11 is 1.62. The molecule has 13 aromatic rings. The maximum absolute atomic E-state index is 4.86. The van der Waals surface area contributed by atoms with Gasteiger partial charge < -0.3 is 18.9 Å². The lowest BCUT2D eigenvalue weighted by Crippen LogP contribution is -2.10. The van der Waals surface area contributed by atoms with E-state index < -0.39 is 0 Å². The normalized spacial score (nSPS) is 11.5. The molecule has 0 unspecified atom stereocenters. The molecule has 0 radical (unpaired) electrons. The van der Waals surface area contributed by atoms with Gasteiger partial charge in [-0.05, 0) is 109 Å². The summed E-state index contributed by atoms with van der Waals surface area (Å²) in [5.41, 5.74) is 15.3. The van der Waals surface area contributed by atoms with Gasteiger partial charge in [0, 0.05) is 78.2 Å². The number of rotatable bonds is 10. The highest BCUT2D eigenvalue weighted by molar-refractivity contribution is 7.17. The Bertz CT molecular complexity index is 3630. The zero-order valence-electron chi connectivity index (χ0n) is 37.3. The van der Waals surface area contributed by atoms with Crippen molar-refractivity contribution in [1.82, 2.24) is 19.3 Å². The average Bonchev–Trinajstić information content (AvgIpc) is 4.13. The smallest absolute Gasteiger partial charge is 0.148 e. The molecule has 13 rings (SSSR count). The first kappa shape index (κ1) is 40.3. The predicted octanol–water partition coefficient (Wildman–Crippen LogP) is 17.0. The zero-order valence-corrected chi connectivity index (χ0v) is 38.2. The number of nitrogens with zero attached hydrogens (tertiary/aromatic N) is 6. The van der Waals surface area contributed by atoms with Gasteiger partial charge in [-0.15, -0.1) is 10.2 Å². The number of para-hydroxylation sites is 6. The lowest BCUT2D eigenvalue weighted by Gasteiger charge is -2.26. The van der Waals surface area contributed by atoms with Crippen LogP contribution in [0.15, 0.2) is 255 Å². The van der Waals surface area contributed by atoms with Crippen molar-refractivity contribution in [3.63, 3.8) is 0 Å². The molecular weight excluding hydrogens is 861 g/mol. The summed E-state index contributed by atoms with van der Waals surface area (Å²) in [4.78, 5) is 4.62. The van der Waals surface area contributed by atoms with Crippen molar-refractivity contribution in [3.05, 3.63) is 255 Å². The Labute approximate surface area is 403 Å². The SMILES string of the molecule is c1ccc(N(c2ccccc2)c2cccc(-n3c4ccccc4c4ccc(-c5nnc(-c6ccc7c8ccccc8n(-c8cccc(N(c9ccccc9)c9ccccc9)c8)c7c6)s5)cc43)c2)cc1. The Morgan fingerprint density at radius 1 is 0.275 bits per heavy atom. The number of hydrogen-bond donors (Lipinski definition) is 0. The largest absolute Gasteiger partial charge is 0.310 e. The molecule has 3 heterocycles. The van der Waals surface area contributed by atoms with Crippen LogP contribution in [0.3, 0.4) is 0 Å². The van der Waals surface area contributed by atoms with Crippen molar-refractivity contribution in [2.24, 2.45) is 0 Å². The molecule has 0 aliphatic rings. The van der Waals surface area contributed by atoms with Crippen molar-refractivity contribution in [2.45, 2.75) is 0 Å². The van der Waals surface area contributed by atoms with Crippen LogP contribution in [0.1, 0.15) is 0 Å². The average molecular weight is 903 g/mol. The molecule has 0 amide bonds. The third-order valence-electron chi connectivity index (χ3n) is 13.0. The number of aromatic nitrogens is 4. The first-order valence-electron chi connectivity index (χ1n) is 23.2. The lowest BCUT2D eigenvalue weighted by molar-refractivity contribution is 1.10. The van der Waals surface area contributed by atoms with E-state index in [1.807, 2.05) is 0 Å². The zero-order chi connectivity index (χ0) is 45.7. The number of hydrogen-bond acceptors (Lipinski definition) is 5. The Morgan fingerprint density at radius 2 is 0.609 bits per heavy atom. The summed E-state index contributed by atoms with van der Waals surface area (Å²) in [5, 5.41) is 16.2. The van der Waals surface area contributed by atoms with Crippen molar-refractivity contribution in [1.29, 1.82) is 0 Å². The van der Waals surface area contributed by atoms with E-state index in [0.29, 0.717) is 0 Å². The van der Waals surface area contributed by atoms with Crippen LogP contribution in [0, 0.1) is 0 Å². The molecule has 0 saturated heterocycles. The molecule has 6 nitrogen and oxygen atoms in total. The van der Waals surface area contributed by atoms with Crippen LogP contribution in [0.5, 0.6) is 0 Å². The van der Waals surface area contributed by atoms with Gasteiger partial charge in [-0.1, -0.05) is 157 Å². The highest BCUT2D eigenvalue weighted by Gasteiger charge is 2.20. The predicted molar refractivity (Wildman–Crippen MR) is 289 cm³/mol. The van der Waals surface area contributed by atoms with Crippen molar-refractivity contribution in [2.75, 3.05) is 9.80 Å². The molecule has 0 atom stereocenters. The van der Waals surface area contributed by atoms with Gasteiger partial charge in [-0.25, -0.2) is 0 Å². The van der Waals surface area contributed by atoms with Crippen LogP contribution in [-0.2, 0) is 0 Å². The number of fused-ring (bicyclic) bond motifs is 6. The molecule has 69 heavy (non-hydrogen) atoms. The molecule has 0 aliphatic carbocycles. The standard InChI is InChI=1S/C62H42N6S/c1-5-19-45(20-6-1)65(46-21-7-2-8-22-46)49-27-17-29-51(41-49)67-57-33-15-13-31-53(57)55-37-35-43(39-59(55)67)61-63-64-62(69-61)44-36-38-56-54-32-14-16-34-58(54)68(60(56)40-44)52-30-18-28-50(42-52)66(47-23-9-3-10-24-47)48-25-11-4-12-26-48/h1-42H. The van der Waals surface area contributed by atoms with Gasteiger partial charge in [-0.2, -0.15) is 0 Å². The van der Waals surface area contributed by atoms with Gasteiger partial charge in [0.2, 0.25) is 0 Å². The van der Waals surface area contributed by atoms with Crippen LogP contribution in [0.4, 0.5) is 34.1 Å². The fourth-order valence-electron chi connectivity index (χ4n) is 9.97. The second-order valence-electron chi connectivity index (χ2n) is 17.1. The third kappa shape index (κ3) is 7.12. The molecule has 10 aromatic carbocycles. The van der Waals surface area contributed by atoms with Gasteiger partial charge in [-0.3, -0.25) is 0 Å². The lowest BCUT2D eigenvalue weighted by atomic mass is 10.1. The molecule has 0 spiro atoms. The molecule has 326 valence electrons. The van der Waals surface area contributed by atoms with Crippen LogP contribution in [0.2, 0.25) is 0 Å². The first-order valence-corrected chi connectivity index (χ1v) is 24.0. The quantitative estimate of drug-likeness (QED) is 0.137. The van der Waals surface area contributed by atoms with E-state index in [4.69, 9.17) is 10.2 Å². The molecular formula is C62H42N6S. The van der Waals surface area contributed by atoms with E-state index in [0.717, 1.165) is 88.7 Å². The van der Waals surface area contributed by atoms with Crippen molar-refractivity contribution < 1.29 is 0 Å². The molecule has 3 aromatic heterocycles. The first-order chi connectivity index (χ1) is 34.2. The molecule has 0 aliphatic heterocycles.